The Kier molecular flexibility index (Phi) is 3.33. The van der Waals surface area contributed by atoms with Crippen LogP contribution in [0.5, 0.6) is 0 Å². The van der Waals surface area contributed by atoms with Gasteiger partial charge in [-0.15, -0.1) is 0 Å². The molecule has 108 valence electrons. The molecule has 2 unspecified atom stereocenters. The summed E-state index contributed by atoms with van der Waals surface area (Å²) in [6.45, 7) is 2.14. The highest BCUT2D eigenvalue weighted by molar-refractivity contribution is 6.36. The van der Waals surface area contributed by atoms with Gasteiger partial charge in [0.15, 0.2) is 0 Å². The van der Waals surface area contributed by atoms with Gasteiger partial charge >= 0.3 is 0 Å². The fourth-order valence-electron chi connectivity index (χ4n) is 3.45. The summed E-state index contributed by atoms with van der Waals surface area (Å²) in [6, 6.07) is 12.8. The summed E-state index contributed by atoms with van der Waals surface area (Å²) in [6.07, 6.45) is 1.18. The van der Waals surface area contributed by atoms with E-state index in [1.807, 2.05) is 12.1 Å². The average molecular weight is 319 g/mol. The Balaban J connectivity index is 1.76. The van der Waals surface area contributed by atoms with Crippen molar-refractivity contribution >= 4 is 28.9 Å². The summed E-state index contributed by atoms with van der Waals surface area (Å²) in [7, 11) is 0. The number of benzene rings is 2. The number of rotatable bonds is 1. The van der Waals surface area contributed by atoms with Crippen molar-refractivity contribution in [2.75, 3.05) is 18.4 Å². The standard InChI is InChI=1S/C17H16Cl2N2/c18-11-2-3-12(15(19)8-11)10-1-4-16-13(7-10)14-9-20-6-5-17(14)21-16/h1-4,7-8,14,17,20-21H,5-6,9H2. The number of anilines is 1. The van der Waals surface area contributed by atoms with Crippen molar-refractivity contribution < 1.29 is 0 Å². The zero-order chi connectivity index (χ0) is 14.4. The fourth-order valence-corrected chi connectivity index (χ4v) is 3.97. The Bertz CT molecular complexity index is 699. The molecule has 2 aromatic rings. The molecule has 1 saturated heterocycles. The van der Waals surface area contributed by atoms with E-state index in [1.54, 1.807) is 6.07 Å². The number of hydrogen-bond donors (Lipinski definition) is 2. The highest BCUT2D eigenvalue weighted by Gasteiger charge is 2.33. The molecule has 0 amide bonds. The molecule has 2 heterocycles. The van der Waals surface area contributed by atoms with Crippen molar-refractivity contribution in [2.45, 2.75) is 18.4 Å². The summed E-state index contributed by atoms with van der Waals surface area (Å²) in [5.74, 6) is 0.555. The Morgan fingerprint density at radius 2 is 1.95 bits per heavy atom. The zero-order valence-electron chi connectivity index (χ0n) is 11.5. The predicted octanol–water partition coefficient (Wildman–Crippen LogP) is 4.53. The lowest BCUT2D eigenvalue weighted by Crippen LogP contribution is -2.38. The van der Waals surface area contributed by atoms with Gasteiger partial charge in [-0.2, -0.15) is 0 Å². The van der Waals surface area contributed by atoms with E-state index >= 15 is 0 Å². The van der Waals surface area contributed by atoms with E-state index in [0.29, 0.717) is 22.0 Å². The van der Waals surface area contributed by atoms with E-state index in [9.17, 15) is 0 Å². The number of piperidine rings is 1. The molecule has 21 heavy (non-hydrogen) atoms. The first-order valence-corrected chi connectivity index (χ1v) is 8.04. The second kappa shape index (κ2) is 5.20. The lowest BCUT2D eigenvalue weighted by molar-refractivity contribution is 0.440. The molecular weight excluding hydrogens is 303 g/mol. The molecule has 2 aliphatic heterocycles. The first kappa shape index (κ1) is 13.4. The predicted molar refractivity (Wildman–Crippen MR) is 89.5 cm³/mol. The summed E-state index contributed by atoms with van der Waals surface area (Å²) in [4.78, 5) is 0. The highest BCUT2D eigenvalue weighted by atomic mass is 35.5. The molecule has 2 aliphatic rings. The Morgan fingerprint density at radius 3 is 2.81 bits per heavy atom. The third-order valence-electron chi connectivity index (χ3n) is 4.52. The van der Waals surface area contributed by atoms with Crippen molar-refractivity contribution in [3.8, 4) is 11.1 Å². The van der Waals surface area contributed by atoms with Crippen LogP contribution in [0.1, 0.15) is 17.9 Å². The van der Waals surface area contributed by atoms with E-state index in [-0.39, 0.29) is 0 Å². The van der Waals surface area contributed by atoms with E-state index < -0.39 is 0 Å². The molecular formula is C17H16Cl2N2. The molecule has 0 aliphatic carbocycles. The molecule has 0 radical (unpaired) electrons. The lowest BCUT2D eigenvalue weighted by atomic mass is 9.89. The second-order valence-electron chi connectivity index (χ2n) is 5.78. The van der Waals surface area contributed by atoms with Gasteiger partial charge in [-0.05, 0) is 48.4 Å². The van der Waals surface area contributed by atoms with Gasteiger partial charge in [-0.25, -0.2) is 0 Å². The summed E-state index contributed by atoms with van der Waals surface area (Å²) < 4.78 is 0. The topological polar surface area (TPSA) is 24.1 Å². The van der Waals surface area contributed by atoms with Crippen LogP contribution in [-0.4, -0.2) is 19.1 Å². The molecule has 0 saturated carbocycles. The van der Waals surface area contributed by atoms with Crippen molar-refractivity contribution in [1.82, 2.24) is 5.32 Å². The van der Waals surface area contributed by atoms with Crippen LogP contribution in [-0.2, 0) is 0 Å². The fraction of sp³-hybridized carbons (Fsp3) is 0.294. The van der Waals surface area contributed by atoms with Gasteiger partial charge in [-0.1, -0.05) is 35.3 Å². The van der Waals surface area contributed by atoms with Crippen LogP contribution in [0.2, 0.25) is 10.0 Å². The molecule has 4 heteroatoms. The number of fused-ring (bicyclic) bond motifs is 3. The quantitative estimate of drug-likeness (QED) is 0.807. The molecule has 1 fully saturated rings. The summed E-state index contributed by atoms with van der Waals surface area (Å²) >= 11 is 12.3. The number of halogens is 2. The van der Waals surface area contributed by atoms with Crippen molar-refractivity contribution in [3.63, 3.8) is 0 Å². The maximum Gasteiger partial charge on any atom is 0.0499 e. The van der Waals surface area contributed by atoms with E-state index in [1.165, 1.54) is 17.7 Å². The van der Waals surface area contributed by atoms with Crippen LogP contribution < -0.4 is 10.6 Å². The second-order valence-corrected chi connectivity index (χ2v) is 6.62. The normalized spacial score (nSPS) is 23.3. The smallest absolute Gasteiger partial charge is 0.0499 e. The third-order valence-corrected chi connectivity index (χ3v) is 5.06. The average Bonchev–Trinajstić information content (AvgIpc) is 2.85. The van der Waals surface area contributed by atoms with Crippen molar-refractivity contribution in [3.05, 3.63) is 52.0 Å². The first-order chi connectivity index (χ1) is 10.2. The maximum atomic E-state index is 6.34. The SMILES string of the molecule is Clc1ccc(-c2ccc3c(c2)C2CNCCC2N3)c(Cl)c1. The minimum absolute atomic E-state index is 0.555. The van der Waals surface area contributed by atoms with Gasteiger partial charge in [0.2, 0.25) is 0 Å². The van der Waals surface area contributed by atoms with Crippen LogP contribution in [0.4, 0.5) is 5.69 Å². The number of hydrogen-bond acceptors (Lipinski definition) is 2. The van der Waals surface area contributed by atoms with E-state index in [2.05, 4.69) is 28.8 Å². The maximum absolute atomic E-state index is 6.34. The molecule has 0 bridgehead atoms. The first-order valence-electron chi connectivity index (χ1n) is 7.29. The summed E-state index contributed by atoms with van der Waals surface area (Å²) in [5.41, 5.74) is 4.86. The molecule has 2 N–H and O–H groups in total. The Morgan fingerprint density at radius 1 is 1.05 bits per heavy atom. The van der Waals surface area contributed by atoms with E-state index in [0.717, 1.165) is 24.2 Å². The monoisotopic (exact) mass is 318 g/mol. The van der Waals surface area contributed by atoms with Crippen LogP contribution >= 0.6 is 23.2 Å². The van der Waals surface area contributed by atoms with E-state index in [4.69, 9.17) is 23.2 Å². The number of nitrogens with one attached hydrogen (secondary N) is 2. The molecule has 0 aromatic heterocycles. The molecule has 2 aromatic carbocycles. The van der Waals surface area contributed by atoms with Crippen LogP contribution in [0.3, 0.4) is 0 Å². The van der Waals surface area contributed by atoms with Gasteiger partial charge in [-0.3, -0.25) is 0 Å². The van der Waals surface area contributed by atoms with Crippen LogP contribution in [0, 0.1) is 0 Å². The Hall–Kier alpha value is -1.22. The van der Waals surface area contributed by atoms with Crippen molar-refractivity contribution in [1.29, 1.82) is 0 Å². The van der Waals surface area contributed by atoms with Crippen LogP contribution in [0.25, 0.3) is 11.1 Å². The van der Waals surface area contributed by atoms with Gasteiger partial charge in [0.25, 0.3) is 0 Å². The molecule has 4 rings (SSSR count). The minimum atomic E-state index is 0.555. The molecule has 2 nitrogen and oxygen atoms in total. The van der Waals surface area contributed by atoms with Crippen LogP contribution in [0.15, 0.2) is 36.4 Å². The minimum Gasteiger partial charge on any atom is -0.381 e. The highest BCUT2D eigenvalue weighted by Crippen LogP contribution is 2.41. The van der Waals surface area contributed by atoms with Gasteiger partial charge in [0.1, 0.15) is 0 Å². The molecule has 0 spiro atoms. The summed E-state index contributed by atoms with van der Waals surface area (Å²) in [5, 5.41) is 8.51. The molecule has 2 atom stereocenters. The van der Waals surface area contributed by atoms with Gasteiger partial charge in [0, 0.05) is 39.8 Å². The van der Waals surface area contributed by atoms with Crippen molar-refractivity contribution in [2.24, 2.45) is 0 Å². The zero-order valence-corrected chi connectivity index (χ0v) is 13.0. The largest absolute Gasteiger partial charge is 0.381 e. The lowest BCUT2D eigenvalue weighted by Gasteiger charge is -2.26. The third kappa shape index (κ3) is 2.32. The van der Waals surface area contributed by atoms with Gasteiger partial charge in [0.05, 0.1) is 0 Å². The van der Waals surface area contributed by atoms with Gasteiger partial charge < -0.3 is 10.6 Å². The Labute approximate surface area is 134 Å².